The van der Waals surface area contributed by atoms with Gasteiger partial charge >= 0.3 is 5.97 Å². The molecule has 0 heterocycles. The largest absolute Gasteiger partial charge is 0.481 e. The van der Waals surface area contributed by atoms with Gasteiger partial charge in [0.05, 0.1) is 5.92 Å². The SMILES string of the molecule is CCCC(CCC)C(=O)NC1C2CCC(C2)C1C(=O)O. The third-order valence-electron chi connectivity index (χ3n) is 5.16. The van der Waals surface area contributed by atoms with Crippen molar-refractivity contribution in [3.05, 3.63) is 0 Å². The van der Waals surface area contributed by atoms with E-state index in [9.17, 15) is 14.7 Å². The molecular formula is C16H27NO3. The first-order valence-electron chi connectivity index (χ1n) is 8.11. The van der Waals surface area contributed by atoms with E-state index in [0.29, 0.717) is 5.92 Å². The third kappa shape index (κ3) is 2.99. The van der Waals surface area contributed by atoms with Gasteiger partial charge in [0, 0.05) is 12.0 Å². The average molecular weight is 281 g/mol. The van der Waals surface area contributed by atoms with Crippen LogP contribution in [-0.2, 0) is 9.59 Å². The van der Waals surface area contributed by atoms with Crippen molar-refractivity contribution in [1.82, 2.24) is 5.32 Å². The molecule has 20 heavy (non-hydrogen) atoms. The van der Waals surface area contributed by atoms with Gasteiger partial charge in [-0.2, -0.15) is 0 Å². The molecule has 2 saturated carbocycles. The van der Waals surface area contributed by atoms with Crippen molar-refractivity contribution in [1.29, 1.82) is 0 Å². The zero-order valence-electron chi connectivity index (χ0n) is 12.6. The molecule has 114 valence electrons. The quantitative estimate of drug-likeness (QED) is 0.754. The summed E-state index contributed by atoms with van der Waals surface area (Å²) in [6.07, 6.45) is 6.87. The highest BCUT2D eigenvalue weighted by Gasteiger charge is 2.51. The molecular weight excluding hydrogens is 254 g/mol. The molecule has 0 spiro atoms. The van der Waals surface area contributed by atoms with Crippen LogP contribution in [0.25, 0.3) is 0 Å². The molecule has 2 N–H and O–H groups in total. The predicted molar refractivity (Wildman–Crippen MR) is 77.2 cm³/mol. The average Bonchev–Trinajstić information content (AvgIpc) is 2.98. The molecule has 4 nitrogen and oxygen atoms in total. The lowest BCUT2D eigenvalue weighted by molar-refractivity contribution is -0.145. The van der Waals surface area contributed by atoms with E-state index in [1.54, 1.807) is 0 Å². The van der Waals surface area contributed by atoms with E-state index in [-0.39, 0.29) is 29.7 Å². The Morgan fingerprint density at radius 2 is 1.75 bits per heavy atom. The third-order valence-corrected chi connectivity index (χ3v) is 5.16. The molecule has 1 amide bonds. The summed E-state index contributed by atoms with van der Waals surface area (Å²) in [7, 11) is 0. The summed E-state index contributed by atoms with van der Waals surface area (Å²) < 4.78 is 0. The Kier molecular flexibility index (Phi) is 5.06. The Morgan fingerprint density at radius 3 is 2.30 bits per heavy atom. The normalized spacial score (nSPS) is 31.8. The van der Waals surface area contributed by atoms with Crippen molar-refractivity contribution in [3.8, 4) is 0 Å². The van der Waals surface area contributed by atoms with Crippen LogP contribution < -0.4 is 5.32 Å². The first kappa shape index (κ1) is 15.3. The van der Waals surface area contributed by atoms with Crippen LogP contribution in [0.2, 0.25) is 0 Å². The van der Waals surface area contributed by atoms with Crippen molar-refractivity contribution in [3.63, 3.8) is 0 Å². The number of carbonyl (C=O) groups is 2. The van der Waals surface area contributed by atoms with Crippen molar-refractivity contribution in [2.45, 2.75) is 64.8 Å². The molecule has 0 saturated heterocycles. The van der Waals surface area contributed by atoms with E-state index in [1.165, 1.54) is 0 Å². The van der Waals surface area contributed by atoms with Crippen LogP contribution in [0.15, 0.2) is 0 Å². The van der Waals surface area contributed by atoms with Crippen molar-refractivity contribution < 1.29 is 14.7 Å². The molecule has 0 aromatic rings. The molecule has 4 unspecified atom stereocenters. The second-order valence-corrected chi connectivity index (χ2v) is 6.51. The number of carbonyl (C=O) groups excluding carboxylic acids is 1. The summed E-state index contributed by atoms with van der Waals surface area (Å²) in [5, 5.41) is 12.5. The predicted octanol–water partition coefficient (Wildman–Crippen LogP) is 2.82. The maximum Gasteiger partial charge on any atom is 0.308 e. The molecule has 0 radical (unpaired) electrons. The van der Waals surface area contributed by atoms with Crippen LogP contribution >= 0.6 is 0 Å². The van der Waals surface area contributed by atoms with Gasteiger partial charge in [-0.25, -0.2) is 0 Å². The number of amides is 1. The summed E-state index contributed by atoms with van der Waals surface area (Å²) in [5.41, 5.74) is 0. The molecule has 2 aliphatic carbocycles. The van der Waals surface area contributed by atoms with E-state index in [0.717, 1.165) is 44.9 Å². The molecule has 0 aromatic heterocycles. The van der Waals surface area contributed by atoms with Crippen LogP contribution in [0, 0.1) is 23.7 Å². The Bertz CT molecular complexity index is 363. The van der Waals surface area contributed by atoms with Gasteiger partial charge in [0.1, 0.15) is 0 Å². The van der Waals surface area contributed by atoms with Gasteiger partial charge in [-0.1, -0.05) is 26.7 Å². The van der Waals surface area contributed by atoms with Gasteiger partial charge in [0.25, 0.3) is 0 Å². The molecule has 0 aromatic carbocycles. The summed E-state index contributed by atoms with van der Waals surface area (Å²) in [5.74, 6) is -0.296. The molecule has 2 bridgehead atoms. The number of hydrogen-bond acceptors (Lipinski definition) is 2. The van der Waals surface area contributed by atoms with E-state index in [4.69, 9.17) is 0 Å². The highest BCUT2D eigenvalue weighted by molar-refractivity contribution is 5.80. The summed E-state index contributed by atoms with van der Waals surface area (Å²) in [6.45, 7) is 4.18. The topological polar surface area (TPSA) is 66.4 Å². The minimum atomic E-state index is -0.731. The van der Waals surface area contributed by atoms with E-state index < -0.39 is 5.97 Å². The van der Waals surface area contributed by atoms with Crippen LogP contribution in [-0.4, -0.2) is 23.0 Å². The highest BCUT2D eigenvalue weighted by Crippen LogP contribution is 2.48. The van der Waals surface area contributed by atoms with Gasteiger partial charge < -0.3 is 10.4 Å². The first-order valence-corrected chi connectivity index (χ1v) is 8.11. The van der Waals surface area contributed by atoms with Gasteiger partial charge in [-0.05, 0) is 43.9 Å². The molecule has 2 rings (SSSR count). The monoisotopic (exact) mass is 281 g/mol. The smallest absolute Gasteiger partial charge is 0.308 e. The van der Waals surface area contributed by atoms with Crippen molar-refractivity contribution in [2.24, 2.45) is 23.7 Å². The Morgan fingerprint density at radius 1 is 1.15 bits per heavy atom. The van der Waals surface area contributed by atoms with Crippen LogP contribution in [0.3, 0.4) is 0 Å². The van der Waals surface area contributed by atoms with E-state index in [2.05, 4.69) is 19.2 Å². The Hall–Kier alpha value is -1.06. The zero-order chi connectivity index (χ0) is 14.7. The van der Waals surface area contributed by atoms with Gasteiger partial charge in [-0.15, -0.1) is 0 Å². The maximum atomic E-state index is 12.4. The zero-order valence-corrected chi connectivity index (χ0v) is 12.6. The summed E-state index contributed by atoms with van der Waals surface area (Å²) >= 11 is 0. The summed E-state index contributed by atoms with van der Waals surface area (Å²) in [4.78, 5) is 23.9. The van der Waals surface area contributed by atoms with Crippen molar-refractivity contribution in [2.75, 3.05) is 0 Å². The van der Waals surface area contributed by atoms with Crippen LogP contribution in [0.5, 0.6) is 0 Å². The lowest BCUT2D eigenvalue weighted by atomic mass is 9.84. The molecule has 0 aliphatic heterocycles. The minimum absolute atomic E-state index is 0.0542. The number of rotatable bonds is 7. The van der Waals surface area contributed by atoms with Gasteiger partial charge in [-0.3, -0.25) is 9.59 Å². The fourth-order valence-electron chi connectivity index (χ4n) is 4.24. The standard InChI is InChI=1S/C16H27NO3/c1-3-5-10(6-4-2)15(18)17-14-12-8-7-11(9-12)13(14)16(19)20/h10-14H,3-9H2,1-2H3,(H,17,18)(H,19,20). The number of aliphatic carboxylic acids is 1. The van der Waals surface area contributed by atoms with Crippen molar-refractivity contribution >= 4 is 11.9 Å². The second-order valence-electron chi connectivity index (χ2n) is 6.51. The lowest BCUT2D eigenvalue weighted by Crippen LogP contribution is -2.48. The molecule has 4 heteroatoms. The highest BCUT2D eigenvalue weighted by atomic mass is 16.4. The van der Waals surface area contributed by atoms with Gasteiger partial charge in [0.15, 0.2) is 0 Å². The number of fused-ring (bicyclic) bond motifs is 2. The number of carboxylic acids is 1. The molecule has 4 atom stereocenters. The maximum absolute atomic E-state index is 12.4. The van der Waals surface area contributed by atoms with Gasteiger partial charge in [0.2, 0.25) is 5.91 Å². The Labute approximate surface area is 121 Å². The minimum Gasteiger partial charge on any atom is -0.481 e. The number of nitrogens with one attached hydrogen (secondary N) is 1. The fourth-order valence-corrected chi connectivity index (χ4v) is 4.24. The Balaban J connectivity index is 2.00. The van der Waals surface area contributed by atoms with E-state index in [1.807, 2.05) is 0 Å². The molecule has 2 fully saturated rings. The fraction of sp³-hybridized carbons (Fsp3) is 0.875. The van der Waals surface area contributed by atoms with Crippen LogP contribution in [0.1, 0.15) is 58.8 Å². The number of hydrogen-bond donors (Lipinski definition) is 2. The first-order chi connectivity index (χ1) is 9.58. The summed E-state index contributed by atoms with van der Waals surface area (Å²) in [6, 6.07) is -0.130. The lowest BCUT2D eigenvalue weighted by Gasteiger charge is -2.30. The van der Waals surface area contributed by atoms with E-state index >= 15 is 0 Å². The van der Waals surface area contributed by atoms with Crippen LogP contribution in [0.4, 0.5) is 0 Å². The second kappa shape index (κ2) is 6.59. The number of carboxylic acid groups (broad SMARTS) is 1. The molecule has 2 aliphatic rings.